The Morgan fingerprint density at radius 3 is 1.81 bits per heavy atom. The maximum absolute atomic E-state index is 6.86. The number of benzene rings is 9. The van der Waals surface area contributed by atoms with Crippen molar-refractivity contribution in [1.29, 1.82) is 0 Å². The molecule has 0 aliphatic rings. The van der Waals surface area contributed by atoms with Crippen LogP contribution in [-0.2, 0) is 0 Å². The van der Waals surface area contributed by atoms with Crippen molar-refractivity contribution < 1.29 is 8.83 Å². The average Bonchev–Trinajstić information content (AvgIpc) is 3.80. The first-order chi connectivity index (χ1) is 26.3. The molecule has 0 unspecified atom stereocenters. The minimum atomic E-state index is 0.890. The van der Waals surface area contributed by atoms with Crippen molar-refractivity contribution in [2.45, 2.75) is 0 Å². The molecule has 248 valence electrons. The van der Waals surface area contributed by atoms with Crippen molar-refractivity contribution in [3.8, 4) is 22.3 Å². The Morgan fingerprint density at radius 2 is 0.925 bits per heavy atom. The molecule has 9 aromatic carbocycles. The quantitative estimate of drug-likeness (QED) is 0.182. The van der Waals surface area contributed by atoms with Gasteiger partial charge in [0.05, 0.1) is 11.4 Å². The summed E-state index contributed by atoms with van der Waals surface area (Å²) in [6.45, 7) is 0. The molecule has 53 heavy (non-hydrogen) atoms. The molecule has 0 saturated carbocycles. The van der Waals surface area contributed by atoms with Gasteiger partial charge >= 0.3 is 0 Å². The summed E-state index contributed by atoms with van der Waals surface area (Å²) in [5.41, 5.74) is 11.3. The van der Waals surface area contributed by atoms with Crippen LogP contribution in [0.5, 0.6) is 0 Å². The molecule has 3 heteroatoms. The highest BCUT2D eigenvalue weighted by Crippen LogP contribution is 2.46. The van der Waals surface area contributed by atoms with Gasteiger partial charge in [-0.25, -0.2) is 0 Å². The molecule has 11 rings (SSSR count). The van der Waals surface area contributed by atoms with Gasteiger partial charge in [0.2, 0.25) is 0 Å². The lowest BCUT2D eigenvalue weighted by molar-refractivity contribution is 0.669. The van der Waals surface area contributed by atoms with Crippen LogP contribution in [0.15, 0.2) is 197 Å². The number of furan rings is 2. The van der Waals surface area contributed by atoms with Gasteiger partial charge in [-0.15, -0.1) is 0 Å². The minimum Gasteiger partial charge on any atom is -0.456 e. The van der Waals surface area contributed by atoms with Crippen molar-refractivity contribution in [1.82, 2.24) is 0 Å². The van der Waals surface area contributed by atoms with Gasteiger partial charge in [0.15, 0.2) is 0 Å². The number of rotatable bonds is 5. The third-order valence-electron chi connectivity index (χ3n) is 10.7. The van der Waals surface area contributed by atoms with E-state index < -0.39 is 0 Å². The Kier molecular flexibility index (Phi) is 6.55. The second-order valence-corrected chi connectivity index (χ2v) is 13.7. The van der Waals surface area contributed by atoms with Crippen LogP contribution in [0.4, 0.5) is 17.1 Å². The van der Waals surface area contributed by atoms with Crippen LogP contribution in [0.25, 0.3) is 87.7 Å². The summed E-state index contributed by atoms with van der Waals surface area (Å²) in [6.07, 6.45) is 0. The van der Waals surface area contributed by atoms with E-state index in [4.69, 9.17) is 8.83 Å². The number of hydrogen-bond donors (Lipinski definition) is 0. The highest BCUT2D eigenvalue weighted by atomic mass is 16.3. The zero-order valence-corrected chi connectivity index (χ0v) is 28.7. The zero-order chi connectivity index (χ0) is 34.9. The Morgan fingerprint density at radius 1 is 0.321 bits per heavy atom. The molecule has 0 spiro atoms. The molecule has 0 amide bonds. The topological polar surface area (TPSA) is 29.5 Å². The predicted molar refractivity (Wildman–Crippen MR) is 222 cm³/mol. The molecule has 0 saturated heterocycles. The Labute approximate surface area is 305 Å². The van der Waals surface area contributed by atoms with Crippen molar-refractivity contribution in [3.05, 3.63) is 188 Å². The first-order valence-corrected chi connectivity index (χ1v) is 18.0. The molecule has 3 nitrogen and oxygen atoms in total. The first-order valence-electron chi connectivity index (χ1n) is 18.0. The van der Waals surface area contributed by atoms with Gasteiger partial charge < -0.3 is 13.7 Å². The van der Waals surface area contributed by atoms with Crippen molar-refractivity contribution in [3.63, 3.8) is 0 Å². The fourth-order valence-electron chi connectivity index (χ4n) is 8.15. The highest BCUT2D eigenvalue weighted by molar-refractivity contribution is 6.18. The Balaban J connectivity index is 1.10. The molecule has 0 bridgehead atoms. The summed E-state index contributed by atoms with van der Waals surface area (Å²) in [6, 6.07) is 66.8. The molecule has 0 atom stereocenters. The summed E-state index contributed by atoms with van der Waals surface area (Å²) in [7, 11) is 0. The van der Waals surface area contributed by atoms with Crippen LogP contribution in [0.3, 0.4) is 0 Å². The molecule has 0 aliphatic heterocycles. The average molecular weight is 678 g/mol. The predicted octanol–water partition coefficient (Wildman–Crippen LogP) is 14.6. The molecule has 0 radical (unpaired) electrons. The molecule has 2 aromatic heterocycles. The molecule has 0 fully saturated rings. The summed E-state index contributed by atoms with van der Waals surface area (Å²) >= 11 is 0. The lowest BCUT2D eigenvalue weighted by Gasteiger charge is -2.29. The van der Waals surface area contributed by atoms with Crippen LogP contribution in [0.2, 0.25) is 0 Å². The Hall–Kier alpha value is -7.10. The molecule has 0 aliphatic carbocycles. The fraction of sp³-hybridized carbons (Fsp3) is 0. The van der Waals surface area contributed by atoms with Crippen LogP contribution < -0.4 is 4.90 Å². The highest BCUT2D eigenvalue weighted by Gasteiger charge is 2.22. The minimum absolute atomic E-state index is 0.890. The van der Waals surface area contributed by atoms with Crippen molar-refractivity contribution in [2.75, 3.05) is 4.90 Å². The van der Waals surface area contributed by atoms with Crippen LogP contribution >= 0.6 is 0 Å². The van der Waals surface area contributed by atoms with E-state index in [1.54, 1.807) is 0 Å². The van der Waals surface area contributed by atoms with E-state index in [2.05, 4.69) is 181 Å². The van der Waals surface area contributed by atoms with E-state index in [0.29, 0.717) is 0 Å². The number of para-hydroxylation sites is 3. The molecule has 2 heterocycles. The SMILES string of the molecule is c1ccc(N(c2ccc(-c3ccc4oc5ccccc5c4c3)cc2)c2cccc3ccccc23)c(-c2cccc3c2oc2c4ccccc4ccc32)c1. The van der Waals surface area contributed by atoms with E-state index in [1.165, 1.54) is 16.2 Å². The number of hydrogen-bond acceptors (Lipinski definition) is 3. The Bertz CT molecular complexity index is 3180. The summed E-state index contributed by atoms with van der Waals surface area (Å²) in [5, 5.41) is 9.16. The second-order valence-electron chi connectivity index (χ2n) is 13.7. The smallest absolute Gasteiger partial charge is 0.143 e. The normalized spacial score (nSPS) is 11.8. The van der Waals surface area contributed by atoms with E-state index >= 15 is 0 Å². The number of nitrogens with zero attached hydrogens (tertiary/aromatic N) is 1. The summed E-state index contributed by atoms with van der Waals surface area (Å²) < 4.78 is 13.0. The maximum atomic E-state index is 6.86. The standard InChI is InChI=1S/C50H31NO2/c1-3-14-37-33(11-1)13-9-21-45(37)51(36-27-23-32(24-28-36)35-26-30-48-44(31-35)40-17-6-8-22-47(40)52-48)46-20-7-5-16-39(46)41-18-10-19-42-43-29-25-34-12-2-4-15-38(34)49(43)53-50(41)42/h1-31H. The maximum Gasteiger partial charge on any atom is 0.143 e. The largest absolute Gasteiger partial charge is 0.456 e. The molecule has 0 N–H and O–H groups in total. The lowest BCUT2D eigenvalue weighted by Crippen LogP contribution is -2.11. The first kappa shape index (κ1) is 29.6. The third kappa shape index (κ3) is 4.68. The fourth-order valence-corrected chi connectivity index (χ4v) is 8.15. The van der Waals surface area contributed by atoms with Crippen molar-refractivity contribution in [2.24, 2.45) is 0 Å². The van der Waals surface area contributed by atoms with E-state index in [9.17, 15) is 0 Å². The molecular weight excluding hydrogens is 647 g/mol. The van der Waals surface area contributed by atoms with Gasteiger partial charge in [0.1, 0.15) is 22.3 Å². The van der Waals surface area contributed by atoms with Gasteiger partial charge in [-0.2, -0.15) is 0 Å². The van der Waals surface area contributed by atoms with E-state index in [-0.39, 0.29) is 0 Å². The van der Waals surface area contributed by atoms with Crippen LogP contribution in [0, 0.1) is 0 Å². The van der Waals surface area contributed by atoms with Crippen LogP contribution in [0.1, 0.15) is 0 Å². The molecular formula is C50H31NO2. The van der Waals surface area contributed by atoms with E-state index in [0.717, 1.165) is 88.6 Å². The van der Waals surface area contributed by atoms with Gasteiger partial charge in [-0.3, -0.25) is 0 Å². The third-order valence-corrected chi connectivity index (χ3v) is 10.7. The summed E-state index contributed by atoms with van der Waals surface area (Å²) in [4.78, 5) is 2.39. The van der Waals surface area contributed by atoms with Gasteiger partial charge in [0, 0.05) is 49.1 Å². The number of fused-ring (bicyclic) bond motifs is 9. The van der Waals surface area contributed by atoms with Gasteiger partial charge in [-0.1, -0.05) is 140 Å². The van der Waals surface area contributed by atoms with Gasteiger partial charge in [-0.05, 0) is 70.4 Å². The van der Waals surface area contributed by atoms with Crippen molar-refractivity contribution >= 4 is 82.5 Å². The van der Waals surface area contributed by atoms with Gasteiger partial charge in [0.25, 0.3) is 0 Å². The lowest BCUT2D eigenvalue weighted by atomic mass is 9.98. The molecule has 11 aromatic rings. The summed E-state index contributed by atoms with van der Waals surface area (Å²) in [5.74, 6) is 0. The number of anilines is 3. The zero-order valence-electron chi connectivity index (χ0n) is 28.7. The van der Waals surface area contributed by atoms with Crippen LogP contribution in [-0.4, -0.2) is 0 Å². The second kappa shape index (κ2) is 11.7. The monoisotopic (exact) mass is 677 g/mol. The van der Waals surface area contributed by atoms with E-state index in [1.807, 2.05) is 12.1 Å².